The maximum absolute atomic E-state index is 10.2. The van der Waals surface area contributed by atoms with Gasteiger partial charge in [0.15, 0.2) is 12.4 Å². The lowest BCUT2D eigenvalue weighted by Crippen LogP contribution is -2.42. The lowest BCUT2D eigenvalue weighted by molar-refractivity contribution is -0.125. The van der Waals surface area contributed by atoms with Crippen LogP contribution < -0.4 is 0 Å². The Morgan fingerprint density at radius 1 is 1.36 bits per heavy atom. The highest BCUT2D eigenvalue weighted by atomic mass is 32.3. The van der Waals surface area contributed by atoms with Gasteiger partial charge in [0.1, 0.15) is 12.2 Å². The monoisotopic (exact) mass is 230 g/mol. The largest absolute Gasteiger partial charge is 0.398 e. The fraction of sp³-hybridized carbons (Fsp3) is 0.800. The third-order valence-corrected chi connectivity index (χ3v) is 1.75. The van der Waals surface area contributed by atoms with E-state index in [0.717, 1.165) is 0 Å². The Labute approximate surface area is 79.7 Å². The average molecular weight is 230 g/mol. The van der Waals surface area contributed by atoms with Crippen molar-refractivity contribution in [1.29, 1.82) is 0 Å². The molecule has 9 heteroatoms. The van der Waals surface area contributed by atoms with E-state index in [1.165, 1.54) is 0 Å². The van der Waals surface area contributed by atoms with Crippen molar-refractivity contribution in [3.63, 3.8) is 0 Å². The van der Waals surface area contributed by atoms with Crippen LogP contribution in [0.3, 0.4) is 0 Å². The average Bonchev–Trinajstić information content (AvgIpc) is 2.10. The first-order valence-corrected chi connectivity index (χ1v) is 4.76. The zero-order valence-electron chi connectivity index (χ0n) is 6.85. The molecule has 0 unspecified atom stereocenters. The molecule has 8 nitrogen and oxygen atoms in total. The fourth-order valence-corrected chi connectivity index (χ4v) is 1.07. The number of hydrogen-bond acceptors (Lipinski definition) is 7. The molecule has 0 spiro atoms. The van der Waals surface area contributed by atoms with Gasteiger partial charge >= 0.3 is 10.4 Å². The second kappa shape index (κ2) is 5.34. The standard InChI is InChI=1S/C5H10O8S/c6-1-3(8)5(9)4(2-7)13-14(10,11)12/h2-6,8-9H,1H2,(H,10,11,12)/t3-,4+,5-/m1/s1. The van der Waals surface area contributed by atoms with Crippen LogP contribution in [-0.2, 0) is 19.4 Å². The minimum absolute atomic E-state index is 0.128. The molecule has 14 heavy (non-hydrogen) atoms. The summed E-state index contributed by atoms with van der Waals surface area (Å²) in [5, 5.41) is 26.2. The molecule has 3 atom stereocenters. The van der Waals surface area contributed by atoms with Crippen LogP contribution in [0, 0.1) is 0 Å². The Kier molecular flexibility index (Phi) is 5.12. The second-order valence-electron chi connectivity index (χ2n) is 2.37. The molecule has 0 saturated carbocycles. The number of rotatable bonds is 6. The van der Waals surface area contributed by atoms with Crippen molar-refractivity contribution in [2.75, 3.05) is 6.61 Å². The van der Waals surface area contributed by atoms with Crippen molar-refractivity contribution in [3.05, 3.63) is 0 Å². The van der Waals surface area contributed by atoms with Gasteiger partial charge in [-0.05, 0) is 0 Å². The van der Waals surface area contributed by atoms with E-state index in [0.29, 0.717) is 0 Å². The van der Waals surface area contributed by atoms with Crippen molar-refractivity contribution in [3.8, 4) is 0 Å². The van der Waals surface area contributed by atoms with Gasteiger partial charge < -0.3 is 20.1 Å². The first-order chi connectivity index (χ1) is 6.31. The van der Waals surface area contributed by atoms with Crippen LogP contribution in [0.25, 0.3) is 0 Å². The summed E-state index contributed by atoms with van der Waals surface area (Å²) in [4.78, 5) is 10.2. The highest BCUT2D eigenvalue weighted by Gasteiger charge is 2.30. The summed E-state index contributed by atoms with van der Waals surface area (Å²) in [5.41, 5.74) is 0. The molecule has 0 aromatic carbocycles. The molecule has 0 heterocycles. The van der Waals surface area contributed by atoms with Crippen LogP contribution in [0.15, 0.2) is 0 Å². The summed E-state index contributed by atoms with van der Waals surface area (Å²) in [7, 11) is -4.91. The minimum Gasteiger partial charge on any atom is -0.394 e. The molecule has 0 bridgehead atoms. The van der Waals surface area contributed by atoms with E-state index >= 15 is 0 Å². The predicted molar refractivity (Wildman–Crippen MR) is 41.6 cm³/mol. The maximum Gasteiger partial charge on any atom is 0.398 e. The van der Waals surface area contributed by atoms with Gasteiger partial charge in [0.05, 0.1) is 6.61 Å². The third kappa shape index (κ3) is 4.60. The zero-order chi connectivity index (χ0) is 11.4. The molecule has 0 rings (SSSR count). The third-order valence-electron chi connectivity index (χ3n) is 1.28. The Balaban J connectivity index is 4.49. The predicted octanol–water partition coefficient (Wildman–Crippen LogP) is -2.91. The molecule has 4 N–H and O–H groups in total. The molecular formula is C5H10O8S. The summed E-state index contributed by atoms with van der Waals surface area (Å²) in [6, 6.07) is 0. The first-order valence-electron chi connectivity index (χ1n) is 3.39. The van der Waals surface area contributed by atoms with Gasteiger partial charge in [0, 0.05) is 0 Å². The SMILES string of the molecule is O=C[C@H](OS(=O)(=O)O)[C@H](O)[C@H](O)CO. The maximum atomic E-state index is 10.2. The number of carbonyl (C=O) groups excluding carboxylic acids is 1. The molecule has 84 valence electrons. The van der Waals surface area contributed by atoms with Crippen LogP contribution in [-0.4, -0.2) is 59.5 Å². The van der Waals surface area contributed by atoms with E-state index in [1.54, 1.807) is 0 Å². The number of carbonyl (C=O) groups is 1. The quantitative estimate of drug-likeness (QED) is 0.281. The minimum atomic E-state index is -4.91. The number of aldehydes is 1. The number of hydrogen-bond donors (Lipinski definition) is 4. The van der Waals surface area contributed by atoms with Crippen molar-refractivity contribution in [1.82, 2.24) is 0 Å². The topological polar surface area (TPSA) is 141 Å². The van der Waals surface area contributed by atoms with Gasteiger partial charge in [0.2, 0.25) is 0 Å². The lowest BCUT2D eigenvalue weighted by Gasteiger charge is -2.19. The van der Waals surface area contributed by atoms with Crippen molar-refractivity contribution in [2.45, 2.75) is 18.3 Å². The van der Waals surface area contributed by atoms with E-state index < -0.39 is 35.3 Å². The fourth-order valence-electron chi connectivity index (χ4n) is 0.627. The highest BCUT2D eigenvalue weighted by Crippen LogP contribution is 2.05. The van der Waals surface area contributed by atoms with Crippen LogP contribution in [0.2, 0.25) is 0 Å². The Morgan fingerprint density at radius 2 is 1.86 bits per heavy atom. The number of aliphatic hydroxyl groups is 3. The van der Waals surface area contributed by atoms with E-state index in [4.69, 9.17) is 19.9 Å². The van der Waals surface area contributed by atoms with E-state index in [2.05, 4.69) is 4.18 Å². The number of aliphatic hydroxyl groups excluding tert-OH is 3. The molecular weight excluding hydrogens is 220 g/mol. The van der Waals surface area contributed by atoms with E-state index in [1.807, 2.05) is 0 Å². The lowest BCUT2D eigenvalue weighted by atomic mass is 10.1. The Hall–Kier alpha value is -0.580. The van der Waals surface area contributed by atoms with Crippen LogP contribution in [0.4, 0.5) is 0 Å². The molecule has 0 aromatic heterocycles. The van der Waals surface area contributed by atoms with Crippen molar-refractivity contribution < 1.29 is 37.3 Å². The van der Waals surface area contributed by atoms with Crippen molar-refractivity contribution >= 4 is 16.7 Å². The Morgan fingerprint density at radius 3 is 2.14 bits per heavy atom. The molecule has 0 saturated heterocycles. The first kappa shape index (κ1) is 13.4. The molecule has 0 amide bonds. The van der Waals surface area contributed by atoms with Gasteiger partial charge in [0.25, 0.3) is 0 Å². The molecule has 0 aliphatic carbocycles. The summed E-state index contributed by atoms with van der Waals surface area (Å²) in [6.45, 7) is -0.889. The summed E-state index contributed by atoms with van der Waals surface area (Å²) in [5.74, 6) is 0. The second-order valence-corrected chi connectivity index (χ2v) is 3.41. The van der Waals surface area contributed by atoms with Crippen LogP contribution >= 0.6 is 0 Å². The van der Waals surface area contributed by atoms with Gasteiger partial charge in [-0.1, -0.05) is 0 Å². The Bertz CT molecular complexity index is 271. The van der Waals surface area contributed by atoms with Gasteiger partial charge in [-0.2, -0.15) is 8.42 Å². The van der Waals surface area contributed by atoms with Gasteiger partial charge in [-0.25, -0.2) is 4.18 Å². The van der Waals surface area contributed by atoms with Crippen LogP contribution in [0.5, 0.6) is 0 Å². The molecule has 0 aromatic rings. The summed E-state index contributed by atoms with van der Waals surface area (Å²) >= 11 is 0. The van der Waals surface area contributed by atoms with E-state index in [9.17, 15) is 13.2 Å². The summed E-state index contributed by atoms with van der Waals surface area (Å²) < 4.78 is 32.1. The van der Waals surface area contributed by atoms with Crippen molar-refractivity contribution in [2.24, 2.45) is 0 Å². The molecule has 0 aliphatic heterocycles. The van der Waals surface area contributed by atoms with Gasteiger partial charge in [-0.15, -0.1) is 0 Å². The van der Waals surface area contributed by atoms with Crippen LogP contribution in [0.1, 0.15) is 0 Å². The van der Waals surface area contributed by atoms with E-state index in [-0.39, 0.29) is 6.29 Å². The van der Waals surface area contributed by atoms with Gasteiger partial charge in [-0.3, -0.25) is 4.55 Å². The molecule has 0 aliphatic rings. The highest BCUT2D eigenvalue weighted by molar-refractivity contribution is 7.80. The normalized spacial score (nSPS) is 18.6. The molecule has 0 fully saturated rings. The smallest absolute Gasteiger partial charge is 0.394 e. The summed E-state index contributed by atoms with van der Waals surface area (Å²) in [6.07, 6.45) is -5.78. The molecule has 0 radical (unpaired) electrons. The zero-order valence-corrected chi connectivity index (χ0v) is 7.66.